The van der Waals surface area contributed by atoms with Gasteiger partial charge in [-0.25, -0.2) is 0 Å². The third-order valence-electron chi connectivity index (χ3n) is 23.2. The van der Waals surface area contributed by atoms with Gasteiger partial charge in [0, 0.05) is 0 Å². The van der Waals surface area contributed by atoms with E-state index in [-0.39, 0.29) is 74.5 Å². The minimum absolute atomic E-state index is 0.0478. The molecule has 0 rings (SSSR count). The summed E-state index contributed by atoms with van der Waals surface area (Å²) >= 11 is 0. The van der Waals surface area contributed by atoms with Crippen molar-refractivity contribution in [2.75, 3.05) is 0 Å². The molecule has 568 valence electrons. The van der Waals surface area contributed by atoms with Crippen LogP contribution in [0.4, 0.5) is 79.0 Å². The maximum Gasteiger partial charge on any atom is 0.394 e. The normalized spacial score (nSPS) is 16.0. The van der Waals surface area contributed by atoms with Gasteiger partial charge in [-0.1, -0.05) is 294 Å². The molecule has 0 saturated carbocycles. The van der Waals surface area contributed by atoms with Crippen molar-refractivity contribution in [3.8, 4) is 0 Å². The molecule has 0 fully saturated rings. The van der Waals surface area contributed by atoms with Crippen molar-refractivity contribution < 1.29 is 79.0 Å². The van der Waals surface area contributed by atoms with Gasteiger partial charge in [0.2, 0.25) is 0 Å². The zero-order valence-electron chi connectivity index (χ0n) is 65.6. The third-order valence-corrected chi connectivity index (χ3v) is 23.2. The van der Waals surface area contributed by atoms with Crippen LogP contribution in [0.2, 0.25) is 0 Å². The lowest BCUT2D eigenvalue weighted by Crippen LogP contribution is -2.47. The maximum absolute atomic E-state index is 13.0. The molecule has 18 heteroatoms. The summed E-state index contributed by atoms with van der Waals surface area (Å²) in [6.45, 7) is 65.6. The second kappa shape index (κ2) is 42.6. The van der Waals surface area contributed by atoms with Gasteiger partial charge >= 0.3 is 37.1 Å². The van der Waals surface area contributed by atoms with E-state index in [0.29, 0.717) is 48.3 Å². The van der Waals surface area contributed by atoms with Crippen LogP contribution in [0.3, 0.4) is 0 Å². The molecule has 0 aromatic heterocycles. The van der Waals surface area contributed by atoms with Crippen LogP contribution in [0, 0.1) is 89.7 Å². The van der Waals surface area contributed by atoms with Crippen LogP contribution in [-0.2, 0) is 0 Å². The quantitative estimate of drug-likeness (QED) is 0.0948. The molecule has 0 aliphatic rings. The average Bonchev–Trinajstić information content (AvgIpc) is 0.790. The molecule has 0 spiro atoms. The van der Waals surface area contributed by atoms with Crippen LogP contribution in [-0.4, -0.2) is 37.1 Å². The van der Waals surface area contributed by atoms with E-state index in [2.05, 4.69) is 76.2 Å². The van der Waals surface area contributed by atoms with Crippen molar-refractivity contribution in [3.63, 3.8) is 0 Å². The van der Waals surface area contributed by atoms with Gasteiger partial charge in [0.25, 0.3) is 0 Å². The first kappa shape index (κ1) is 107. The summed E-state index contributed by atoms with van der Waals surface area (Å²) in [6, 6.07) is 0. The van der Waals surface area contributed by atoms with E-state index in [1.54, 1.807) is 69.2 Å². The Morgan fingerprint density at radius 3 is 0.576 bits per heavy atom. The van der Waals surface area contributed by atoms with Gasteiger partial charge in [0.05, 0.1) is 32.5 Å². The first-order valence-corrected chi connectivity index (χ1v) is 34.8. The highest BCUT2D eigenvalue weighted by Gasteiger charge is 2.59. The monoisotopic (exact) mass is 1380 g/mol. The van der Waals surface area contributed by atoms with Crippen LogP contribution in [0.1, 0.15) is 352 Å². The predicted octanol–water partition coefficient (Wildman–Crippen LogP) is 31.8. The molecular formula is C74H146F18. The van der Waals surface area contributed by atoms with Gasteiger partial charge in [0.15, 0.2) is 0 Å². The van der Waals surface area contributed by atoms with Crippen LogP contribution >= 0.6 is 0 Å². The first-order valence-electron chi connectivity index (χ1n) is 34.8. The third kappa shape index (κ3) is 32.6. The number of rotatable bonds is 22. The largest absolute Gasteiger partial charge is 0.394 e. The standard InChI is InChI=1S/2C11H21F3.C10H19F3.C10H22.C9H20.2C8H15F3.C7H13F3/c1-7(2)9(8(3)4)10(5,6)11(12,13)14;1-6-9(4,7-2)10(5,8-3)11(12,13)14;1-5-8(6-2)9(4,7-3)10(11,12)13;1-7-10(6,8-2)9(3,4)5;1-6-8(7-2)9(3,4)5;1-5-7(4,6(2)3)8(9,10)11;1-4-6-7(3,5-2)8(9,10)11;1-4-6(3,5-2)7(8,9)10/h7-9H,1-6H3;6-8H2,1-5H3;8H,5-7H2,1-4H3;7-8H2,1-6H3;8H,6-7H2,1-5H3;6H,5H2,1-4H3;4-6H2,1-3H3;4-5H2,1-3H3/t;10-;9-;;;2*7-;/m.00..00./s1. The Labute approximate surface area is 555 Å². The Balaban J connectivity index is -0.000000147. The van der Waals surface area contributed by atoms with Gasteiger partial charge in [-0.15, -0.1) is 0 Å². The number of alkyl halides is 18. The SMILES string of the molecule is CC(C)C(C(C)C)C(C)(C)C(F)(F)F.CCC(C)(CC)C(C)(C)C.CCC(C)(CC)C(F)(F)F.CCC(C)(CC)[C@](C)(CC)C(F)(F)F.CCC(CC)C(C)(C)C.CCC(CC)[C@](C)(CC)C(F)(F)F.CCC[C@](C)(CC)C(F)(F)F.CC[C@@](C)(C(C)C)C(F)(F)F. The Kier molecular flexibility index (Phi) is 49.5. The van der Waals surface area contributed by atoms with Crippen molar-refractivity contribution >= 4 is 0 Å². The zero-order valence-corrected chi connectivity index (χ0v) is 65.6. The molecule has 0 aliphatic carbocycles. The fourth-order valence-corrected chi connectivity index (χ4v) is 12.0. The van der Waals surface area contributed by atoms with E-state index in [4.69, 9.17) is 0 Å². The van der Waals surface area contributed by atoms with Crippen LogP contribution in [0.15, 0.2) is 0 Å². The highest BCUT2D eigenvalue weighted by Crippen LogP contribution is 2.57. The highest BCUT2D eigenvalue weighted by atomic mass is 19.4. The zero-order chi connectivity index (χ0) is 76.8. The van der Waals surface area contributed by atoms with Crippen molar-refractivity contribution in [3.05, 3.63) is 0 Å². The average molecular weight is 1380 g/mol. The first-order chi connectivity index (χ1) is 40.4. The molecule has 0 unspecified atom stereocenters. The molecule has 0 aromatic rings. The van der Waals surface area contributed by atoms with Gasteiger partial charge in [-0.3, -0.25) is 0 Å². The Morgan fingerprint density at radius 2 is 0.533 bits per heavy atom. The second-order valence-corrected chi connectivity index (χ2v) is 31.2. The maximum atomic E-state index is 13.0. The lowest BCUT2D eigenvalue weighted by Gasteiger charge is -2.46. The molecule has 0 radical (unpaired) electrons. The molecule has 92 heavy (non-hydrogen) atoms. The molecule has 0 heterocycles. The van der Waals surface area contributed by atoms with Crippen LogP contribution in [0.25, 0.3) is 0 Å². The Hall–Kier alpha value is -1.26. The topological polar surface area (TPSA) is 0 Å². The van der Waals surface area contributed by atoms with Crippen molar-refractivity contribution in [1.82, 2.24) is 0 Å². The lowest BCUT2D eigenvalue weighted by atomic mass is 9.60. The van der Waals surface area contributed by atoms with Gasteiger partial charge < -0.3 is 0 Å². The van der Waals surface area contributed by atoms with Crippen molar-refractivity contribution in [2.24, 2.45) is 89.7 Å². The molecule has 0 aromatic carbocycles. The summed E-state index contributed by atoms with van der Waals surface area (Å²) in [5.74, 6) is 0.0586. The smallest absolute Gasteiger partial charge is 0.171 e. The molecule has 0 saturated heterocycles. The fraction of sp³-hybridized carbons (Fsp3) is 1.00. The van der Waals surface area contributed by atoms with Crippen LogP contribution < -0.4 is 0 Å². The van der Waals surface area contributed by atoms with E-state index in [1.165, 1.54) is 74.1 Å². The van der Waals surface area contributed by atoms with E-state index in [0.717, 1.165) is 5.92 Å². The summed E-state index contributed by atoms with van der Waals surface area (Å²) in [4.78, 5) is 0. The molecule has 4 atom stereocenters. The summed E-state index contributed by atoms with van der Waals surface area (Å²) < 4.78 is 226. The molecule has 0 bridgehead atoms. The summed E-state index contributed by atoms with van der Waals surface area (Å²) in [5.41, 5.74) is -8.30. The summed E-state index contributed by atoms with van der Waals surface area (Å²) in [7, 11) is 0. The van der Waals surface area contributed by atoms with Crippen molar-refractivity contribution in [1.29, 1.82) is 0 Å². The van der Waals surface area contributed by atoms with Crippen LogP contribution in [0.5, 0.6) is 0 Å². The fourth-order valence-electron chi connectivity index (χ4n) is 12.0. The molecule has 0 nitrogen and oxygen atoms in total. The minimum Gasteiger partial charge on any atom is -0.171 e. The number of hydrogen-bond acceptors (Lipinski definition) is 0. The van der Waals surface area contributed by atoms with Gasteiger partial charge in [-0.2, -0.15) is 79.0 Å². The lowest BCUT2D eigenvalue weighted by molar-refractivity contribution is -0.259. The Morgan fingerprint density at radius 1 is 0.261 bits per heavy atom. The predicted molar refractivity (Wildman–Crippen MR) is 360 cm³/mol. The number of hydrogen-bond donors (Lipinski definition) is 0. The van der Waals surface area contributed by atoms with Crippen molar-refractivity contribution in [2.45, 2.75) is 389 Å². The molecular weight excluding hydrogens is 1230 g/mol. The highest BCUT2D eigenvalue weighted by molar-refractivity contribution is 4.95. The second-order valence-electron chi connectivity index (χ2n) is 31.2. The van der Waals surface area contributed by atoms with E-state index in [1.807, 2.05) is 55.4 Å². The Bertz CT molecular complexity index is 1740. The van der Waals surface area contributed by atoms with E-state index >= 15 is 0 Å². The minimum atomic E-state index is -4.12. The van der Waals surface area contributed by atoms with Gasteiger partial charge in [-0.05, 0) is 115 Å². The number of halogens is 18. The van der Waals surface area contributed by atoms with E-state index < -0.39 is 75.0 Å². The van der Waals surface area contributed by atoms with Gasteiger partial charge in [0.1, 0.15) is 0 Å². The summed E-state index contributed by atoms with van der Waals surface area (Å²) in [6.07, 6.45) is -15.2. The summed E-state index contributed by atoms with van der Waals surface area (Å²) in [5, 5.41) is 0. The molecule has 0 aliphatic heterocycles. The van der Waals surface area contributed by atoms with E-state index in [9.17, 15) is 79.0 Å². The molecule has 0 amide bonds. The molecule has 0 N–H and O–H groups in total.